The molecule has 0 aliphatic carbocycles. The van der Waals surface area contributed by atoms with E-state index in [1.165, 1.54) is 0 Å². The van der Waals surface area contributed by atoms with E-state index in [9.17, 15) is 9.59 Å². The minimum atomic E-state index is -0.562. The van der Waals surface area contributed by atoms with Gasteiger partial charge in [0.1, 0.15) is 11.9 Å². The van der Waals surface area contributed by atoms with Crippen molar-refractivity contribution in [3.63, 3.8) is 0 Å². The van der Waals surface area contributed by atoms with Crippen LogP contribution in [0.15, 0.2) is 73.1 Å². The largest absolute Gasteiger partial charge is 0.490 e. The Morgan fingerprint density at radius 2 is 1.65 bits per heavy atom. The van der Waals surface area contributed by atoms with E-state index in [-0.39, 0.29) is 23.8 Å². The lowest BCUT2D eigenvalue weighted by molar-refractivity contribution is -0.138. The first-order chi connectivity index (χ1) is 17.9. The molecule has 2 aromatic carbocycles. The number of hydrogen-bond acceptors (Lipinski definition) is 6. The molecule has 2 amide bonds. The van der Waals surface area contributed by atoms with Crippen LogP contribution in [0.4, 0.5) is 11.4 Å². The normalized spacial score (nSPS) is 16.6. The van der Waals surface area contributed by atoms with Crippen LogP contribution in [0, 0.1) is 5.92 Å². The molecule has 3 heterocycles. The summed E-state index contributed by atoms with van der Waals surface area (Å²) in [6.45, 7) is 6.69. The molecular weight excluding hydrogens is 466 g/mol. The van der Waals surface area contributed by atoms with Gasteiger partial charge in [-0.15, -0.1) is 0 Å². The van der Waals surface area contributed by atoms with Crippen LogP contribution in [0.3, 0.4) is 0 Å². The third-order valence-corrected chi connectivity index (χ3v) is 7.33. The van der Waals surface area contributed by atoms with Crippen molar-refractivity contribution in [1.82, 2.24) is 20.4 Å². The number of anilines is 2. The van der Waals surface area contributed by atoms with Gasteiger partial charge in [-0.1, -0.05) is 30.3 Å². The van der Waals surface area contributed by atoms with Crippen molar-refractivity contribution in [2.24, 2.45) is 5.92 Å². The minimum Gasteiger partial charge on any atom is -0.490 e. The minimum absolute atomic E-state index is 0.0379. The first kappa shape index (κ1) is 24.9. The number of carbonyl (C=O) groups excluding carboxylic acids is 2. The quantitative estimate of drug-likeness (QED) is 0.533. The molecule has 2 fully saturated rings. The molecule has 0 spiro atoms. The molecule has 0 radical (unpaired) electrons. The summed E-state index contributed by atoms with van der Waals surface area (Å²) < 4.78 is 6.26. The summed E-state index contributed by atoms with van der Waals surface area (Å²) in [6, 6.07) is 19.3. The summed E-state index contributed by atoms with van der Waals surface area (Å²) in [6.07, 6.45) is 4.78. The lowest BCUT2D eigenvalue weighted by Crippen LogP contribution is -2.51. The highest BCUT2D eigenvalue weighted by atomic mass is 16.5. The highest BCUT2D eigenvalue weighted by molar-refractivity contribution is 6.02. The van der Waals surface area contributed by atoms with Gasteiger partial charge in [0.25, 0.3) is 0 Å². The Kier molecular flexibility index (Phi) is 7.19. The monoisotopic (exact) mass is 499 g/mol. The summed E-state index contributed by atoms with van der Waals surface area (Å²) in [4.78, 5) is 30.1. The molecule has 2 saturated heterocycles. The molecule has 0 bridgehead atoms. The van der Waals surface area contributed by atoms with Crippen LogP contribution >= 0.6 is 0 Å². The fourth-order valence-corrected chi connectivity index (χ4v) is 4.88. The third-order valence-electron chi connectivity index (χ3n) is 7.33. The van der Waals surface area contributed by atoms with Gasteiger partial charge in [-0.3, -0.25) is 14.5 Å². The topological polar surface area (TPSA) is 87.7 Å². The van der Waals surface area contributed by atoms with E-state index in [2.05, 4.69) is 15.5 Å². The maximum Gasteiger partial charge on any atom is 0.237 e. The average Bonchev–Trinajstić information content (AvgIpc) is 2.90. The number of hydrogen-bond donors (Lipinski definition) is 1. The Labute approximate surface area is 217 Å². The summed E-state index contributed by atoms with van der Waals surface area (Å²) in [5, 5.41) is 10.9. The van der Waals surface area contributed by atoms with E-state index in [0.717, 1.165) is 29.8 Å². The highest BCUT2D eigenvalue weighted by Crippen LogP contribution is 2.31. The fraction of sp³-hybridized carbons (Fsp3) is 0.379. The lowest BCUT2D eigenvalue weighted by Gasteiger charge is -2.37. The van der Waals surface area contributed by atoms with Crippen LogP contribution in [0.2, 0.25) is 0 Å². The number of nitrogens with one attached hydrogen (secondary N) is 1. The molecule has 5 rings (SSSR count). The van der Waals surface area contributed by atoms with Crippen LogP contribution in [-0.4, -0.2) is 59.2 Å². The molecule has 2 aliphatic heterocycles. The van der Waals surface area contributed by atoms with E-state index in [1.54, 1.807) is 23.4 Å². The van der Waals surface area contributed by atoms with Crippen molar-refractivity contribution < 1.29 is 14.3 Å². The zero-order chi connectivity index (χ0) is 25.8. The Morgan fingerprint density at radius 3 is 2.24 bits per heavy atom. The van der Waals surface area contributed by atoms with Crippen LogP contribution in [0.5, 0.6) is 5.75 Å². The Bertz CT molecular complexity index is 1210. The van der Waals surface area contributed by atoms with Crippen LogP contribution < -0.4 is 15.0 Å². The lowest BCUT2D eigenvalue weighted by atomic mass is 9.82. The smallest absolute Gasteiger partial charge is 0.237 e. The van der Waals surface area contributed by atoms with Crippen molar-refractivity contribution >= 4 is 23.2 Å². The van der Waals surface area contributed by atoms with E-state index in [0.29, 0.717) is 31.9 Å². The van der Waals surface area contributed by atoms with E-state index < -0.39 is 5.41 Å². The summed E-state index contributed by atoms with van der Waals surface area (Å²) in [5.74, 6) is 0.891. The maximum atomic E-state index is 13.3. The zero-order valence-electron chi connectivity index (χ0n) is 21.3. The van der Waals surface area contributed by atoms with Crippen molar-refractivity contribution in [1.29, 1.82) is 0 Å². The van der Waals surface area contributed by atoms with E-state index >= 15 is 0 Å². The highest BCUT2D eigenvalue weighted by Gasteiger charge is 2.36. The Hall–Kier alpha value is -3.78. The van der Waals surface area contributed by atoms with Gasteiger partial charge in [0.15, 0.2) is 0 Å². The molecule has 2 aliphatic rings. The number of aromatic nitrogens is 2. The molecule has 37 heavy (non-hydrogen) atoms. The van der Waals surface area contributed by atoms with Gasteiger partial charge in [0, 0.05) is 44.7 Å². The molecule has 1 N–H and O–H groups in total. The molecule has 0 unspecified atom stereocenters. The second-order valence-corrected chi connectivity index (χ2v) is 10.2. The number of likely N-dealkylation sites (tertiary alicyclic amines) is 1. The number of rotatable bonds is 7. The SMILES string of the molecule is CC(C)(C(=O)N1CCC(Oc2ccc(N(C(=O)C3CNC3)c3ccnnc3)cc2)CC1)c1ccccc1. The van der Waals surface area contributed by atoms with Crippen molar-refractivity contribution in [3.8, 4) is 5.75 Å². The summed E-state index contributed by atoms with van der Waals surface area (Å²) in [7, 11) is 0. The molecular formula is C29H33N5O3. The number of piperidine rings is 1. The van der Waals surface area contributed by atoms with E-state index in [1.807, 2.05) is 73.3 Å². The molecule has 8 nitrogen and oxygen atoms in total. The van der Waals surface area contributed by atoms with Crippen molar-refractivity contribution in [2.75, 3.05) is 31.1 Å². The predicted molar refractivity (Wildman–Crippen MR) is 142 cm³/mol. The van der Waals surface area contributed by atoms with Crippen molar-refractivity contribution in [3.05, 3.63) is 78.6 Å². The number of amides is 2. The van der Waals surface area contributed by atoms with Crippen molar-refractivity contribution in [2.45, 2.75) is 38.2 Å². The van der Waals surface area contributed by atoms with Crippen LogP contribution in [0.25, 0.3) is 0 Å². The predicted octanol–water partition coefficient (Wildman–Crippen LogP) is 3.71. The van der Waals surface area contributed by atoms with Gasteiger partial charge in [-0.05, 0) is 49.7 Å². The third kappa shape index (κ3) is 5.34. The molecule has 3 aromatic rings. The molecule has 0 saturated carbocycles. The van der Waals surface area contributed by atoms with Gasteiger partial charge >= 0.3 is 0 Å². The number of nitrogens with zero attached hydrogens (tertiary/aromatic N) is 4. The number of ether oxygens (including phenoxy) is 1. The first-order valence-electron chi connectivity index (χ1n) is 12.9. The Balaban J connectivity index is 1.21. The van der Waals surface area contributed by atoms with Gasteiger partial charge in [-0.25, -0.2) is 0 Å². The standard InChI is InChI=1S/C29H33N5O3/c1-29(2,22-6-4-3-5-7-22)28(36)33-16-13-26(14-17-33)37-25-10-8-23(9-11-25)34(24-12-15-31-32-20-24)27(35)21-18-30-19-21/h3-12,15,20-21,26,30H,13-14,16-19H2,1-2H3. The van der Waals surface area contributed by atoms with Gasteiger partial charge < -0.3 is 15.0 Å². The van der Waals surface area contributed by atoms with Crippen LogP contribution in [-0.2, 0) is 15.0 Å². The van der Waals surface area contributed by atoms with E-state index in [4.69, 9.17) is 4.74 Å². The van der Waals surface area contributed by atoms with Crippen LogP contribution in [0.1, 0.15) is 32.3 Å². The molecule has 1 aromatic heterocycles. The molecule has 8 heteroatoms. The van der Waals surface area contributed by atoms with Gasteiger partial charge in [0.2, 0.25) is 11.8 Å². The molecule has 192 valence electrons. The Morgan fingerprint density at radius 1 is 0.946 bits per heavy atom. The first-order valence-corrected chi connectivity index (χ1v) is 12.9. The van der Waals surface area contributed by atoms with Gasteiger partial charge in [0.05, 0.1) is 29.4 Å². The summed E-state index contributed by atoms with van der Waals surface area (Å²) in [5.41, 5.74) is 1.92. The average molecular weight is 500 g/mol. The van der Waals surface area contributed by atoms with Gasteiger partial charge in [-0.2, -0.15) is 10.2 Å². The zero-order valence-corrected chi connectivity index (χ0v) is 21.3. The molecule has 0 atom stereocenters. The maximum absolute atomic E-state index is 13.3. The second-order valence-electron chi connectivity index (χ2n) is 10.2. The number of benzene rings is 2. The summed E-state index contributed by atoms with van der Waals surface area (Å²) >= 11 is 0. The second kappa shape index (κ2) is 10.7. The number of carbonyl (C=O) groups is 2. The fourth-order valence-electron chi connectivity index (χ4n) is 4.88.